The first kappa shape index (κ1) is 20.6. The minimum atomic E-state index is 0.812. The van der Waals surface area contributed by atoms with Gasteiger partial charge in [-0.3, -0.25) is 4.99 Å². The molecule has 0 aliphatic heterocycles. The number of aliphatic imine (C=N–C) groups is 1. The number of nitrogens with zero attached hydrogens (tertiary/aromatic N) is 2. The fourth-order valence-electron chi connectivity index (χ4n) is 4.09. The lowest BCUT2D eigenvalue weighted by atomic mass is 10.1. The van der Waals surface area contributed by atoms with Gasteiger partial charge in [-0.15, -0.1) is 0 Å². The molecule has 0 radical (unpaired) electrons. The van der Waals surface area contributed by atoms with E-state index < -0.39 is 0 Å². The Balaban J connectivity index is 1.75. The summed E-state index contributed by atoms with van der Waals surface area (Å²) in [5.74, 6) is 1.64. The molecule has 33 heavy (non-hydrogen) atoms. The Morgan fingerprint density at radius 1 is 0.636 bits per heavy atom. The summed E-state index contributed by atoms with van der Waals surface area (Å²) in [4.78, 5) is 4.80. The monoisotopic (exact) mass is 432 g/mol. The molecule has 0 unspecified atom stereocenters. The summed E-state index contributed by atoms with van der Waals surface area (Å²) in [6, 6.07) is 34.8. The van der Waals surface area contributed by atoms with Gasteiger partial charge in [0.15, 0.2) is 0 Å². The van der Waals surface area contributed by atoms with Crippen LogP contribution in [0.3, 0.4) is 0 Å². The first-order chi connectivity index (χ1) is 16.3. The standard InChI is InChI=1S/C29H24N2O2/c1-32-24-16-12-22(13-17-24)30-20-28-26-10-6-7-11-27(26)29(21-8-4-3-5-9-21)31(28)23-14-18-25(33-2)19-15-23/h3-20H,1-2H3. The van der Waals surface area contributed by atoms with Crippen molar-refractivity contribution < 1.29 is 9.47 Å². The molecular formula is C29H24N2O2. The number of benzene rings is 4. The second-order valence-electron chi connectivity index (χ2n) is 7.64. The molecule has 0 aliphatic rings. The summed E-state index contributed by atoms with van der Waals surface area (Å²) in [7, 11) is 3.35. The van der Waals surface area contributed by atoms with Crippen LogP contribution >= 0.6 is 0 Å². The summed E-state index contributed by atoms with van der Waals surface area (Å²) < 4.78 is 12.9. The first-order valence-electron chi connectivity index (χ1n) is 10.8. The van der Waals surface area contributed by atoms with Crippen LogP contribution in [0.5, 0.6) is 11.5 Å². The van der Waals surface area contributed by atoms with Crippen LogP contribution in [0.1, 0.15) is 5.69 Å². The maximum atomic E-state index is 5.39. The average molecular weight is 433 g/mol. The predicted molar refractivity (Wildman–Crippen MR) is 136 cm³/mol. The van der Waals surface area contributed by atoms with Gasteiger partial charge >= 0.3 is 0 Å². The van der Waals surface area contributed by atoms with Crippen molar-refractivity contribution >= 4 is 22.7 Å². The molecule has 5 aromatic rings. The number of hydrogen-bond acceptors (Lipinski definition) is 3. The van der Waals surface area contributed by atoms with Crippen molar-refractivity contribution in [2.45, 2.75) is 0 Å². The normalized spacial score (nSPS) is 11.2. The zero-order chi connectivity index (χ0) is 22.6. The van der Waals surface area contributed by atoms with E-state index in [0.717, 1.165) is 45.2 Å². The molecule has 0 saturated carbocycles. The van der Waals surface area contributed by atoms with Crippen LogP contribution in [0, 0.1) is 0 Å². The lowest BCUT2D eigenvalue weighted by Crippen LogP contribution is -2.02. The second kappa shape index (κ2) is 9.05. The van der Waals surface area contributed by atoms with E-state index in [2.05, 4.69) is 65.2 Å². The lowest BCUT2D eigenvalue weighted by molar-refractivity contribution is 0.414. The highest BCUT2D eigenvalue weighted by Crippen LogP contribution is 2.36. The molecule has 0 fully saturated rings. The predicted octanol–water partition coefficient (Wildman–Crippen LogP) is 7.07. The number of hydrogen-bond donors (Lipinski definition) is 0. The molecule has 0 atom stereocenters. The van der Waals surface area contributed by atoms with Gasteiger partial charge in [0.25, 0.3) is 0 Å². The van der Waals surface area contributed by atoms with Gasteiger partial charge in [-0.05, 0) is 54.1 Å². The topological polar surface area (TPSA) is 35.8 Å². The third kappa shape index (κ3) is 3.99. The summed E-state index contributed by atoms with van der Waals surface area (Å²) in [5, 5.41) is 2.32. The van der Waals surface area contributed by atoms with Gasteiger partial charge in [-0.25, -0.2) is 0 Å². The molecule has 1 aromatic heterocycles. The van der Waals surface area contributed by atoms with Crippen LogP contribution in [0.25, 0.3) is 27.7 Å². The molecule has 5 rings (SSSR count). The Labute approximate surface area is 193 Å². The van der Waals surface area contributed by atoms with Gasteiger partial charge in [0, 0.05) is 16.5 Å². The van der Waals surface area contributed by atoms with Gasteiger partial charge in [0.05, 0.1) is 37.5 Å². The molecule has 0 aliphatic carbocycles. The molecule has 0 N–H and O–H groups in total. The summed E-state index contributed by atoms with van der Waals surface area (Å²) in [5.41, 5.74) is 5.21. The Morgan fingerprint density at radius 3 is 1.85 bits per heavy atom. The Morgan fingerprint density at radius 2 is 1.21 bits per heavy atom. The maximum absolute atomic E-state index is 5.39. The van der Waals surface area contributed by atoms with E-state index in [0.29, 0.717) is 0 Å². The smallest absolute Gasteiger partial charge is 0.119 e. The zero-order valence-corrected chi connectivity index (χ0v) is 18.6. The molecule has 4 aromatic carbocycles. The zero-order valence-electron chi connectivity index (χ0n) is 18.6. The SMILES string of the molecule is COc1ccc(N=Cc2c3ccccc3c(-c3ccccc3)n2-c2ccc(OC)cc2)cc1. The summed E-state index contributed by atoms with van der Waals surface area (Å²) in [6.45, 7) is 0. The number of fused-ring (bicyclic) bond motifs is 1. The highest BCUT2D eigenvalue weighted by molar-refractivity contribution is 6.08. The van der Waals surface area contributed by atoms with E-state index >= 15 is 0 Å². The Kier molecular flexibility index (Phi) is 5.64. The van der Waals surface area contributed by atoms with Crippen molar-refractivity contribution in [2.75, 3.05) is 14.2 Å². The average Bonchev–Trinajstić information content (AvgIpc) is 3.22. The van der Waals surface area contributed by atoms with Crippen LogP contribution in [-0.4, -0.2) is 25.0 Å². The molecule has 4 heteroatoms. The van der Waals surface area contributed by atoms with Crippen molar-refractivity contribution in [3.8, 4) is 28.4 Å². The third-order valence-electron chi connectivity index (χ3n) is 5.71. The summed E-state index contributed by atoms with van der Waals surface area (Å²) in [6.07, 6.45) is 1.95. The van der Waals surface area contributed by atoms with E-state index in [1.165, 1.54) is 5.39 Å². The molecule has 0 bridgehead atoms. The second-order valence-corrected chi connectivity index (χ2v) is 7.64. The van der Waals surface area contributed by atoms with Crippen LogP contribution in [0.2, 0.25) is 0 Å². The number of aromatic nitrogens is 1. The lowest BCUT2D eigenvalue weighted by Gasteiger charge is -2.13. The molecule has 0 spiro atoms. The van der Waals surface area contributed by atoms with E-state index in [1.54, 1.807) is 14.2 Å². The molecule has 162 valence electrons. The minimum Gasteiger partial charge on any atom is -0.497 e. The van der Waals surface area contributed by atoms with E-state index in [9.17, 15) is 0 Å². The maximum Gasteiger partial charge on any atom is 0.119 e. The highest BCUT2D eigenvalue weighted by atomic mass is 16.5. The van der Waals surface area contributed by atoms with Crippen LogP contribution in [0.15, 0.2) is 108 Å². The van der Waals surface area contributed by atoms with Crippen LogP contribution < -0.4 is 9.47 Å². The van der Waals surface area contributed by atoms with Gasteiger partial charge in [-0.1, -0.05) is 54.6 Å². The largest absolute Gasteiger partial charge is 0.497 e. The molecular weight excluding hydrogens is 408 g/mol. The van der Waals surface area contributed by atoms with Crippen molar-refractivity contribution in [1.82, 2.24) is 4.57 Å². The minimum absolute atomic E-state index is 0.812. The van der Waals surface area contributed by atoms with Crippen molar-refractivity contribution in [3.05, 3.63) is 109 Å². The number of rotatable bonds is 6. The molecule has 0 saturated heterocycles. The van der Waals surface area contributed by atoms with Crippen molar-refractivity contribution in [1.29, 1.82) is 0 Å². The highest BCUT2D eigenvalue weighted by Gasteiger charge is 2.18. The Bertz CT molecular complexity index is 1400. The number of ether oxygens (including phenoxy) is 2. The van der Waals surface area contributed by atoms with Crippen molar-refractivity contribution in [3.63, 3.8) is 0 Å². The van der Waals surface area contributed by atoms with Gasteiger partial charge in [0.2, 0.25) is 0 Å². The van der Waals surface area contributed by atoms with Gasteiger partial charge in [0.1, 0.15) is 11.5 Å². The van der Waals surface area contributed by atoms with Crippen molar-refractivity contribution in [2.24, 2.45) is 4.99 Å². The summed E-state index contributed by atoms with van der Waals surface area (Å²) >= 11 is 0. The Hall–Kier alpha value is -4.31. The van der Waals surface area contributed by atoms with Gasteiger partial charge in [-0.2, -0.15) is 0 Å². The third-order valence-corrected chi connectivity index (χ3v) is 5.71. The molecule has 4 nitrogen and oxygen atoms in total. The molecule has 1 heterocycles. The fourth-order valence-corrected chi connectivity index (χ4v) is 4.09. The van der Waals surface area contributed by atoms with Gasteiger partial charge < -0.3 is 14.0 Å². The van der Waals surface area contributed by atoms with E-state index in [-0.39, 0.29) is 0 Å². The molecule has 0 amide bonds. The number of methoxy groups -OCH3 is 2. The van der Waals surface area contributed by atoms with Crippen LogP contribution in [-0.2, 0) is 0 Å². The van der Waals surface area contributed by atoms with E-state index in [4.69, 9.17) is 14.5 Å². The first-order valence-corrected chi connectivity index (χ1v) is 10.8. The fraction of sp³-hybridized carbons (Fsp3) is 0.0690. The quantitative estimate of drug-likeness (QED) is 0.269. The van der Waals surface area contributed by atoms with Crippen LogP contribution in [0.4, 0.5) is 5.69 Å². The van der Waals surface area contributed by atoms with E-state index in [1.807, 2.05) is 48.7 Å².